The van der Waals surface area contributed by atoms with Crippen LogP contribution in [0.5, 0.6) is 11.5 Å². The predicted molar refractivity (Wildman–Crippen MR) is 118 cm³/mol. The van der Waals surface area contributed by atoms with Crippen molar-refractivity contribution in [2.24, 2.45) is 7.05 Å². The Bertz CT molecular complexity index is 1010. The third-order valence-electron chi connectivity index (χ3n) is 5.32. The smallest absolute Gasteiger partial charge is 0.409 e. The van der Waals surface area contributed by atoms with Crippen molar-refractivity contribution in [2.45, 2.75) is 32.4 Å². The SMILES string of the molecule is CCOC(=O)N1CCC(NC(=O)c2cc(=O)c(OCc3cccc(OC)c3)cn2C)CC1. The highest BCUT2D eigenvalue weighted by Gasteiger charge is 2.25. The Morgan fingerprint density at radius 3 is 2.62 bits per heavy atom. The molecule has 0 atom stereocenters. The fourth-order valence-corrected chi connectivity index (χ4v) is 3.54. The molecule has 1 aromatic heterocycles. The lowest BCUT2D eigenvalue weighted by atomic mass is 10.1. The van der Waals surface area contributed by atoms with E-state index in [1.807, 2.05) is 24.3 Å². The number of hydrogen-bond donors (Lipinski definition) is 1. The molecule has 1 saturated heterocycles. The highest BCUT2D eigenvalue weighted by atomic mass is 16.6. The summed E-state index contributed by atoms with van der Waals surface area (Å²) in [5, 5.41) is 2.95. The average molecular weight is 444 g/mol. The van der Waals surface area contributed by atoms with Gasteiger partial charge in [-0.3, -0.25) is 9.59 Å². The van der Waals surface area contributed by atoms with E-state index in [0.717, 1.165) is 5.56 Å². The van der Waals surface area contributed by atoms with Crippen LogP contribution in [-0.2, 0) is 18.4 Å². The van der Waals surface area contributed by atoms with Gasteiger partial charge in [-0.15, -0.1) is 0 Å². The van der Waals surface area contributed by atoms with Crippen molar-refractivity contribution < 1.29 is 23.8 Å². The van der Waals surface area contributed by atoms with Gasteiger partial charge in [-0.2, -0.15) is 0 Å². The molecule has 32 heavy (non-hydrogen) atoms. The van der Waals surface area contributed by atoms with Gasteiger partial charge in [0.1, 0.15) is 18.1 Å². The lowest BCUT2D eigenvalue weighted by molar-refractivity contribution is 0.0854. The number of nitrogens with zero attached hydrogens (tertiary/aromatic N) is 2. The second kappa shape index (κ2) is 10.7. The van der Waals surface area contributed by atoms with E-state index in [2.05, 4.69) is 5.32 Å². The van der Waals surface area contributed by atoms with Crippen LogP contribution in [0.2, 0.25) is 0 Å². The van der Waals surface area contributed by atoms with E-state index in [1.54, 1.807) is 30.5 Å². The topological polar surface area (TPSA) is 99.1 Å². The summed E-state index contributed by atoms with van der Waals surface area (Å²) < 4.78 is 17.4. The Morgan fingerprint density at radius 1 is 1.19 bits per heavy atom. The Labute approximate surface area is 186 Å². The van der Waals surface area contributed by atoms with E-state index < -0.39 is 0 Å². The zero-order valence-corrected chi connectivity index (χ0v) is 18.6. The monoisotopic (exact) mass is 443 g/mol. The van der Waals surface area contributed by atoms with Gasteiger partial charge in [-0.25, -0.2) is 4.79 Å². The van der Waals surface area contributed by atoms with Crippen LogP contribution < -0.4 is 20.2 Å². The van der Waals surface area contributed by atoms with Gasteiger partial charge < -0.3 is 29.0 Å². The molecule has 0 bridgehead atoms. The molecule has 2 aromatic rings. The number of amides is 2. The molecule has 2 heterocycles. The normalized spacial score (nSPS) is 14.0. The van der Waals surface area contributed by atoms with Crippen LogP contribution in [0.15, 0.2) is 41.3 Å². The second-order valence-electron chi connectivity index (χ2n) is 7.57. The first kappa shape index (κ1) is 23.2. The Morgan fingerprint density at radius 2 is 1.94 bits per heavy atom. The second-order valence-corrected chi connectivity index (χ2v) is 7.57. The highest BCUT2D eigenvalue weighted by Crippen LogP contribution is 2.16. The van der Waals surface area contributed by atoms with Crippen LogP contribution >= 0.6 is 0 Å². The maximum atomic E-state index is 12.7. The molecule has 0 aliphatic carbocycles. The molecule has 172 valence electrons. The number of pyridine rings is 1. The number of carbonyl (C=O) groups excluding carboxylic acids is 2. The summed E-state index contributed by atoms with van der Waals surface area (Å²) in [7, 11) is 3.28. The summed E-state index contributed by atoms with van der Waals surface area (Å²) in [6, 6.07) is 8.59. The van der Waals surface area contributed by atoms with Crippen molar-refractivity contribution in [1.29, 1.82) is 0 Å². The van der Waals surface area contributed by atoms with Crippen LogP contribution in [0.4, 0.5) is 4.79 Å². The number of ether oxygens (including phenoxy) is 3. The molecule has 1 aliphatic rings. The molecule has 3 rings (SSSR count). The summed E-state index contributed by atoms with van der Waals surface area (Å²) >= 11 is 0. The third kappa shape index (κ3) is 5.81. The van der Waals surface area contributed by atoms with Gasteiger partial charge in [-0.05, 0) is 37.5 Å². The average Bonchev–Trinajstić information content (AvgIpc) is 2.80. The van der Waals surface area contributed by atoms with E-state index >= 15 is 0 Å². The van der Waals surface area contributed by atoms with Gasteiger partial charge in [0.2, 0.25) is 5.43 Å². The van der Waals surface area contributed by atoms with Crippen LogP contribution in [0, 0.1) is 0 Å². The first-order valence-electron chi connectivity index (χ1n) is 10.6. The number of aryl methyl sites for hydroxylation is 1. The molecular formula is C23H29N3O6. The lowest BCUT2D eigenvalue weighted by Gasteiger charge is -2.31. The quantitative estimate of drug-likeness (QED) is 0.705. The number of rotatable bonds is 7. The molecule has 0 radical (unpaired) electrons. The van der Waals surface area contributed by atoms with E-state index in [-0.39, 0.29) is 41.5 Å². The van der Waals surface area contributed by atoms with E-state index in [9.17, 15) is 14.4 Å². The Balaban J connectivity index is 1.59. The number of benzene rings is 1. The Kier molecular flexibility index (Phi) is 7.75. The van der Waals surface area contributed by atoms with Crippen molar-refractivity contribution in [1.82, 2.24) is 14.8 Å². The maximum absolute atomic E-state index is 12.7. The summed E-state index contributed by atoms with van der Waals surface area (Å²) in [6.07, 6.45) is 2.44. The maximum Gasteiger partial charge on any atom is 0.409 e. The van der Waals surface area contributed by atoms with Crippen molar-refractivity contribution in [3.05, 3.63) is 58.0 Å². The van der Waals surface area contributed by atoms with Crippen LogP contribution in [0.1, 0.15) is 35.8 Å². The number of piperidine rings is 1. The predicted octanol–water partition coefficient (Wildman–Crippen LogP) is 2.32. The van der Waals surface area contributed by atoms with Crippen molar-refractivity contribution >= 4 is 12.0 Å². The number of carbonyl (C=O) groups is 2. The molecule has 9 nitrogen and oxygen atoms in total. The fourth-order valence-electron chi connectivity index (χ4n) is 3.54. The standard InChI is InChI=1S/C23H29N3O6/c1-4-31-23(29)26-10-8-17(9-11-26)24-22(28)19-13-20(27)21(14-25(19)2)32-15-16-6-5-7-18(12-16)30-3/h5-7,12-14,17H,4,8-11,15H2,1-3H3,(H,24,28). The third-order valence-corrected chi connectivity index (χ3v) is 5.32. The molecule has 9 heteroatoms. The van der Waals surface area contributed by atoms with Gasteiger partial charge in [0.25, 0.3) is 5.91 Å². The zero-order valence-electron chi connectivity index (χ0n) is 18.6. The number of hydrogen-bond acceptors (Lipinski definition) is 6. The van der Waals surface area contributed by atoms with E-state index in [0.29, 0.717) is 38.3 Å². The minimum atomic E-state index is -0.367. The number of methoxy groups -OCH3 is 1. The Hall–Kier alpha value is -3.49. The summed E-state index contributed by atoms with van der Waals surface area (Å²) in [5.74, 6) is 0.534. The van der Waals surface area contributed by atoms with E-state index in [4.69, 9.17) is 14.2 Å². The van der Waals surface area contributed by atoms with Gasteiger partial charge in [-0.1, -0.05) is 12.1 Å². The molecule has 0 unspecified atom stereocenters. The fraction of sp³-hybridized carbons (Fsp3) is 0.435. The number of likely N-dealkylation sites (tertiary alicyclic amines) is 1. The molecular weight excluding hydrogens is 414 g/mol. The molecule has 2 amide bonds. The summed E-state index contributed by atoms with van der Waals surface area (Å²) in [6.45, 7) is 3.34. The first-order chi connectivity index (χ1) is 15.4. The molecule has 1 N–H and O–H groups in total. The molecule has 1 aliphatic heterocycles. The van der Waals surface area contributed by atoms with Crippen LogP contribution in [0.25, 0.3) is 0 Å². The largest absolute Gasteiger partial charge is 0.497 e. The summed E-state index contributed by atoms with van der Waals surface area (Å²) in [5.41, 5.74) is 0.743. The minimum absolute atomic E-state index is 0.0766. The number of aromatic nitrogens is 1. The lowest BCUT2D eigenvalue weighted by Crippen LogP contribution is -2.47. The molecule has 0 saturated carbocycles. The van der Waals surface area contributed by atoms with Gasteiger partial charge in [0, 0.05) is 32.2 Å². The van der Waals surface area contributed by atoms with E-state index in [1.165, 1.54) is 12.3 Å². The minimum Gasteiger partial charge on any atom is -0.497 e. The first-order valence-corrected chi connectivity index (χ1v) is 10.6. The van der Waals surface area contributed by atoms with Gasteiger partial charge in [0.05, 0.1) is 19.9 Å². The summed E-state index contributed by atoms with van der Waals surface area (Å²) in [4.78, 5) is 38.7. The number of nitrogens with one attached hydrogen (secondary N) is 1. The van der Waals surface area contributed by atoms with Crippen LogP contribution in [0.3, 0.4) is 0 Å². The van der Waals surface area contributed by atoms with Crippen molar-refractivity contribution in [3.8, 4) is 11.5 Å². The van der Waals surface area contributed by atoms with Crippen molar-refractivity contribution in [2.75, 3.05) is 26.8 Å². The molecule has 1 aromatic carbocycles. The zero-order chi connectivity index (χ0) is 23.1. The highest BCUT2D eigenvalue weighted by molar-refractivity contribution is 5.92. The molecule has 1 fully saturated rings. The van der Waals surface area contributed by atoms with Crippen molar-refractivity contribution in [3.63, 3.8) is 0 Å². The van der Waals surface area contributed by atoms with Gasteiger partial charge in [0.15, 0.2) is 5.75 Å². The van der Waals surface area contributed by atoms with Gasteiger partial charge >= 0.3 is 6.09 Å². The van der Waals surface area contributed by atoms with Crippen LogP contribution in [-0.4, -0.2) is 54.3 Å². The molecule has 0 spiro atoms.